The molecule has 12 nitrogen and oxygen atoms in total. The number of thiophene rings is 2. The van der Waals surface area contributed by atoms with Gasteiger partial charge >= 0.3 is 0 Å². The van der Waals surface area contributed by atoms with Crippen LogP contribution in [0.1, 0.15) is 93.2 Å². The first-order chi connectivity index (χ1) is 27.7. The van der Waals surface area contributed by atoms with Crippen LogP contribution in [0.15, 0.2) is 73.1 Å². The summed E-state index contributed by atoms with van der Waals surface area (Å²) in [5.74, 6) is -0.828. The molecule has 0 bridgehead atoms. The second-order valence-electron chi connectivity index (χ2n) is 15.9. The van der Waals surface area contributed by atoms with E-state index in [1.165, 1.54) is 46.9 Å². The number of hydrogen-bond acceptors (Lipinski definition) is 10. The molecule has 2 aliphatic carbocycles. The van der Waals surface area contributed by atoms with Crippen molar-refractivity contribution in [2.75, 3.05) is 10.6 Å². The number of rotatable bonds is 4. The first kappa shape index (κ1) is 38.1. The number of hydrogen-bond donors (Lipinski definition) is 8. The fraction of sp³-hybridized carbons (Fsp3) is 0.333. The number of amides is 2. The molecule has 16 heteroatoms. The third-order valence-electron chi connectivity index (χ3n) is 12.1. The summed E-state index contributed by atoms with van der Waals surface area (Å²) in [6, 6.07) is 16.0. The van der Waals surface area contributed by atoms with Crippen molar-refractivity contribution in [1.29, 1.82) is 0 Å². The quantitative estimate of drug-likeness (QED) is 0.0887. The molecule has 0 radical (unpaired) electrons. The molecule has 6 aromatic rings. The SMILES string of the molecule is Cc1[nH]ncc1-c1cc2c(s1)C(=O)NC1(CCC(O)(c3ccc(F)cc3)CC1)N2.Cc1[nH]ncc1-c1cc2c(s1)C(=O)NC1(CCC(O)(c3ccc(F)cc3)CC1)N2. The smallest absolute Gasteiger partial charge is 0.265 e. The number of aromatic amines is 2. The van der Waals surface area contributed by atoms with E-state index in [0.29, 0.717) is 72.2 Å². The van der Waals surface area contributed by atoms with Crippen LogP contribution in [0, 0.1) is 25.5 Å². The third-order valence-corrected chi connectivity index (χ3v) is 14.5. The summed E-state index contributed by atoms with van der Waals surface area (Å²) < 4.78 is 26.5. The Morgan fingerprint density at radius 3 is 1.26 bits per heavy atom. The molecule has 0 saturated heterocycles. The van der Waals surface area contributed by atoms with Crippen molar-refractivity contribution >= 4 is 45.9 Å². The van der Waals surface area contributed by atoms with Gasteiger partial charge in [0.15, 0.2) is 0 Å². The zero-order chi connectivity index (χ0) is 40.5. The Morgan fingerprint density at radius 1 is 0.569 bits per heavy atom. The highest BCUT2D eigenvalue weighted by Gasteiger charge is 2.48. The van der Waals surface area contributed by atoms with Gasteiger partial charge in [-0.2, -0.15) is 10.2 Å². The Labute approximate surface area is 340 Å². The van der Waals surface area contributed by atoms with Crippen molar-refractivity contribution in [2.24, 2.45) is 0 Å². The Kier molecular flexibility index (Phi) is 9.30. The summed E-state index contributed by atoms with van der Waals surface area (Å²) in [7, 11) is 0. The highest BCUT2D eigenvalue weighted by atomic mass is 32.1. The Hall–Kier alpha value is -5.42. The van der Waals surface area contributed by atoms with Gasteiger partial charge in [0, 0.05) is 32.3 Å². The van der Waals surface area contributed by atoms with Gasteiger partial charge in [-0.25, -0.2) is 8.78 Å². The lowest BCUT2D eigenvalue weighted by Gasteiger charge is -2.47. The molecule has 4 aromatic heterocycles. The summed E-state index contributed by atoms with van der Waals surface area (Å²) in [4.78, 5) is 28.9. The van der Waals surface area contributed by atoms with Crippen LogP contribution < -0.4 is 21.3 Å². The van der Waals surface area contributed by atoms with Crippen molar-refractivity contribution in [3.05, 3.63) is 117 Å². The van der Waals surface area contributed by atoms with Crippen LogP contribution in [0.2, 0.25) is 0 Å². The predicted octanol–water partition coefficient (Wildman–Crippen LogP) is 7.80. The summed E-state index contributed by atoms with van der Waals surface area (Å²) >= 11 is 2.88. The van der Waals surface area contributed by atoms with E-state index in [1.54, 1.807) is 36.7 Å². The number of carbonyl (C=O) groups is 2. The Balaban J connectivity index is 0.000000150. The maximum atomic E-state index is 13.2. The summed E-state index contributed by atoms with van der Waals surface area (Å²) in [5, 5.41) is 49.5. The van der Waals surface area contributed by atoms with Crippen LogP contribution in [-0.2, 0) is 11.2 Å². The van der Waals surface area contributed by atoms with E-state index in [-0.39, 0.29) is 23.4 Å². The molecule has 2 amide bonds. The first-order valence-electron chi connectivity index (χ1n) is 19.2. The zero-order valence-electron chi connectivity index (χ0n) is 31.8. The van der Waals surface area contributed by atoms with Gasteiger partial charge in [0.25, 0.3) is 11.8 Å². The number of benzene rings is 2. The van der Waals surface area contributed by atoms with Crippen molar-refractivity contribution < 1.29 is 28.6 Å². The van der Waals surface area contributed by atoms with E-state index in [9.17, 15) is 28.6 Å². The molecule has 0 unspecified atom stereocenters. The largest absolute Gasteiger partial charge is 0.385 e. The normalized spacial score (nSPS) is 26.1. The van der Waals surface area contributed by atoms with E-state index in [0.717, 1.165) is 43.6 Å². The van der Waals surface area contributed by atoms with E-state index < -0.39 is 22.5 Å². The molecule has 8 N–H and O–H groups in total. The molecule has 2 aliphatic heterocycles. The number of aryl methyl sites for hydroxylation is 2. The predicted molar refractivity (Wildman–Crippen MR) is 218 cm³/mol. The fourth-order valence-electron chi connectivity index (χ4n) is 8.67. The van der Waals surface area contributed by atoms with Gasteiger partial charge in [-0.05, 0) is 113 Å². The molecular formula is C42H42F2N8O4S2. The van der Waals surface area contributed by atoms with Crippen LogP contribution in [0.5, 0.6) is 0 Å². The number of carbonyl (C=O) groups excluding carboxylic acids is 2. The van der Waals surface area contributed by atoms with Crippen molar-refractivity contribution in [2.45, 2.75) is 87.7 Å². The molecule has 10 rings (SSSR count). The van der Waals surface area contributed by atoms with Crippen LogP contribution in [0.25, 0.3) is 20.9 Å². The van der Waals surface area contributed by atoms with E-state index in [4.69, 9.17) is 0 Å². The van der Waals surface area contributed by atoms with Gasteiger partial charge in [-0.1, -0.05) is 24.3 Å². The average molecular weight is 825 g/mol. The molecule has 0 atom stereocenters. The number of nitrogens with zero attached hydrogens (tertiary/aromatic N) is 2. The van der Waals surface area contributed by atoms with Crippen LogP contribution in [0.3, 0.4) is 0 Å². The molecule has 2 aromatic carbocycles. The van der Waals surface area contributed by atoms with Gasteiger partial charge in [0.05, 0.1) is 35.0 Å². The number of anilines is 2. The number of nitrogens with one attached hydrogen (secondary N) is 6. The summed E-state index contributed by atoms with van der Waals surface area (Å²) in [6.45, 7) is 3.90. The number of aromatic nitrogens is 4. The summed E-state index contributed by atoms with van der Waals surface area (Å²) in [6.07, 6.45) is 7.71. The van der Waals surface area contributed by atoms with Crippen molar-refractivity contribution in [3.8, 4) is 20.9 Å². The lowest BCUT2D eigenvalue weighted by atomic mass is 9.74. The molecule has 2 saturated carbocycles. The molecule has 6 heterocycles. The summed E-state index contributed by atoms with van der Waals surface area (Å²) in [5.41, 5.74) is 3.77. The molecule has 2 spiro atoms. The molecule has 4 aliphatic rings. The van der Waals surface area contributed by atoms with Gasteiger partial charge in [-0.15, -0.1) is 22.7 Å². The second kappa shape index (κ2) is 14.1. The number of halogens is 2. The Bertz CT molecular complexity index is 2340. The lowest BCUT2D eigenvalue weighted by Crippen LogP contribution is -2.60. The van der Waals surface area contributed by atoms with E-state index in [2.05, 4.69) is 41.7 Å². The number of H-pyrrole nitrogens is 2. The minimum Gasteiger partial charge on any atom is -0.385 e. The van der Waals surface area contributed by atoms with Gasteiger partial charge in [0.1, 0.15) is 32.7 Å². The monoisotopic (exact) mass is 824 g/mol. The second-order valence-corrected chi connectivity index (χ2v) is 18.0. The zero-order valence-corrected chi connectivity index (χ0v) is 33.4. The first-order valence-corrected chi connectivity index (χ1v) is 20.8. The third kappa shape index (κ3) is 6.86. The maximum absolute atomic E-state index is 13.2. The van der Waals surface area contributed by atoms with Gasteiger partial charge in [-0.3, -0.25) is 19.8 Å². The minimum absolute atomic E-state index is 0.0941. The van der Waals surface area contributed by atoms with Crippen LogP contribution >= 0.6 is 22.7 Å². The van der Waals surface area contributed by atoms with Crippen molar-refractivity contribution in [3.63, 3.8) is 0 Å². The topological polar surface area (TPSA) is 180 Å². The van der Waals surface area contributed by atoms with Crippen molar-refractivity contribution in [1.82, 2.24) is 31.0 Å². The molecular weight excluding hydrogens is 783 g/mol. The van der Waals surface area contributed by atoms with Gasteiger partial charge in [0.2, 0.25) is 0 Å². The standard InChI is InChI=1S/2C21H21FN4O2S/c2*1-12-15(11-23-26-12)17-10-16-18(29-17)19(27)25-21(24-16)8-6-20(28,7-9-21)13-2-4-14(22)5-3-13/h2*2-5,10-11,24,28H,6-9H2,1H3,(H,23,26)(H,25,27). The lowest BCUT2D eigenvalue weighted by molar-refractivity contribution is -0.0214. The Morgan fingerprint density at radius 2 is 0.931 bits per heavy atom. The minimum atomic E-state index is -1.01. The van der Waals surface area contributed by atoms with E-state index >= 15 is 0 Å². The fourth-order valence-corrected chi connectivity index (χ4v) is 10.8. The highest BCUT2D eigenvalue weighted by Crippen LogP contribution is 2.48. The molecule has 300 valence electrons. The molecule has 58 heavy (non-hydrogen) atoms. The molecule has 2 fully saturated rings. The van der Waals surface area contributed by atoms with Gasteiger partial charge < -0.3 is 31.5 Å². The average Bonchev–Trinajstić information content (AvgIpc) is 4.02. The van der Waals surface area contributed by atoms with Crippen LogP contribution in [0.4, 0.5) is 20.2 Å². The number of fused-ring (bicyclic) bond motifs is 2. The maximum Gasteiger partial charge on any atom is 0.265 e. The number of aliphatic hydroxyl groups is 2. The van der Waals surface area contributed by atoms with E-state index in [1.807, 2.05) is 26.0 Å². The highest BCUT2D eigenvalue weighted by molar-refractivity contribution is 7.18. The van der Waals surface area contributed by atoms with Crippen LogP contribution in [-0.4, -0.2) is 53.7 Å².